The van der Waals surface area contributed by atoms with Gasteiger partial charge in [-0.05, 0) is 35.9 Å². The highest BCUT2D eigenvalue weighted by Gasteiger charge is 2.09. The minimum absolute atomic E-state index is 0.00549. The fourth-order valence-electron chi connectivity index (χ4n) is 1.78. The third-order valence-electron chi connectivity index (χ3n) is 2.86. The summed E-state index contributed by atoms with van der Waals surface area (Å²) in [5.74, 6) is -0.347. The Bertz CT molecular complexity index is 609. The molecule has 19 heavy (non-hydrogen) atoms. The van der Waals surface area contributed by atoms with E-state index >= 15 is 0 Å². The Kier molecular flexibility index (Phi) is 3.46. The zero-order valence-corrected chi connectivity index (χ0v) is 10.6. The van der Waals surface area contributed by atoms with Crippen molar-refractivity contribution in [1.29, 1.82) is 0 Å². The fourth-order valence-corrected chi connectivity index (χ4v) is 1.78. The number of anilines is 1. The second-order valence-corrected chi connectivity index (χ2v) is 4.36. The molecule has 4 nitrogen and oxygen atoms in total. The topological polar surface area (TPSA) is 46.4 Å². The molecule has 0 bridgehead atoms. The molecule has 0 aliphatic rings. The first-order chi connectivity index (χ1) is 8.99. The molecule has 0 heterocycles. The van der Waals surface area contributed by atoms with Crippen LogP contribution in [0, 0.1) is 15.9 Å². The lowest BCUT2D eigenvalue weighted by molar-refractivity contribution is -0.384. The van der Waals surface area contributed by atoms with E-state index in [2.05, 4.69) is 0 Å². The van der Waals surface area contributed by atoms with Gasteiger partial charge in [0.1, 0.15) is 5.82 Å². The van der Waals surface area contributed by atoms with Crippen molar-refractivity contribution in [3.8, 4) is 11.1 Å². The predicted octanol–water partition coefficient (Wildman–Crippen LogP) is 3.47. The molecule has 0 saturated heterocycles. The van der Waals surface area contributed by atoms with Crippen LogP contribution in [0.3, 0.4) is 0 Å². The van der Waals surface area contributed by atoms with E-state index in [1.54, 1.807) is 24.3 Å². The Morgan fingerprint density at radius 2 is 1.74 bits per heavy atom. The molecule has 2 aromatic carbocycles. The summed E-state index contributed by atoms with van der Waals surface area (Å²) in [5.41, 5.74) is 1.81. The number of non-ortho nitro benzene ring substituents is 1. The van der Waals surface area contributed by atoms with Gasteiger partial charge < -0.3 is 4.90 Å². The van der Waals surface area contributed by atoms with E-state index in [0.717, 1.165) is 5.69 Å². The van der Waals surface area contributed by atoms with Crippen molar-refractivity contribution in [2.24, 2.45) is 0 Å². The van der Waals surface area contributed by atoms with E-state index in [9.17, 15) is 14.5 Å². The Morgan fingerprint density at radius 3 is 2.21 bits per heavy atom. The molecular formula is C14H13FN2O2. The second kappa shape index (κ2) is 5.06. The number of nitro groups is 1. The van der Waals surface area contributed by atoms with E-state index in [0.29, 0.717) is 11.1 Å². The number of rotatable bonds is 3. The average molecular weight is 260 g/mol. The van der Waals surface area contributed by atoms with E-state index in [1.165, 1.54) is 18.2 Å². The van der Waals surface area contributed by atoms with E-state index in [-0.39, 0.29) is 11.5 Å². The Hall–Kier alpha value is -2.43. The zero-order chi connectivity index (χ0) is 14.0. The summed E-state index contributed by atoms with van der Waals surface area (Å²) in [5, 5.41) is 10.6. The fraction of sp³-hybridized carbons (Fsp3) is 0.143. The molecule has 98 valence electrons. The summed E-state index contributed by atoms with van der Waals surface area (Å²) in [6.45, 7) is 0. The standard InChI is InChI=1S/C14H13FN2O2/c1-16(2)12-7-8-13(14(15)9-12)10-3-5-11(6-4-10)17(18)19/h3-9H,1-2H3. The van der Waals surface area contributed by atoms with Gasteiger partial charge in [-0.25, -0.2) is 4.39 Å². The Morgan fingerprint density at radius 1 is 1.11 bits per heavy atom. The third-order valence-corrected chi connectivity index (χ3v) is 2.86. The molecule has 0 fully saturated rings. The lowest BCUT2D eigenvalue weighted by Gasteiger charge is -2.13. The molecule has 0 amide bonds. The summed E-state index contributed by atoms with van der Waals surface area (Å²) in [7, 11) is 3.67. The summed E-state index contributed by atoms with van der Waals surface area (Å²) in [6.07, 6.45) is 0. The SMILES string of the molecule is CN(C)c1ccc(-c2ccc([N+](=O)[O-])cc2)c(F)c1. The van der Waals surface area contributed by atoms with Crippen LogP contribution in [-0.2, 0) is 0 Å². The van der Waals surface area contributed by atoms with E-state index < -0.39 is 4.92 Å². The number of benzene rings is 2. The maximum atomic E-state index is 14.0. The number of hydrogen-bond acceptors (Lipinski definition) is 3. The van der Waals surface area contributed by atoms with Crippen molar-refractivity contribution in [1.82, 2.24) is 0 Å². The molecule has 0 N–H and O–H groups in total. The molecule has 0 aliphatic carbocycles. The van der Waals surface area contributed by atoms with Crippen LogP contribution in [0.2, 0.25) is 0 Å². The van der Waals surface area contributed by atoms with Gasteiger partial charge in [0.25, 0.3) is 5.69 Å². The maximum Gasteiger partial charge on any atom is 0.269 e. The quantitative estimate of drug-likeness (QED) is 0.627. The number of hydrogen-bond donors (Lipinski definition) is 0. The van der Waals surface area contributed by atoms with Crippen LogP contribution in [0.15, 0.2) is 42.5 Å². The molecule has 0 unspecified atom stereocenters. The summed E-state index contributed by atoms with van der Waals surface area (Å²) < 4.78 is 14.0. The molecule has 0 atom stereocenters. The van der Waals surface area contributed by atoms with Gasteiger partial charge in [0.05, 0.1) is 4.92 Å². The van der Waals surface area contributed by atoms with Crippen molar-refractivity contribution in [3.05, 3.63) is 58.4 Å². The molecule has 2 aromatic rings. The Labute approximate surface area is 110 Å². The summed E-state index contributed by atoms with van der Waals surface area (Å²) in [4.78, 5) is 11.9. The summed E-state index contributed by atoms with van der Waals surface area (Å²) >= 11 is 0. The Balaban J connectivity index is 2.39. The lowest BCUT2D eigenvalue weighted by atomic mass is 10.0. The van der Waals surface area contributed by atoms with Gasteiger partial charge in [-0.1, -0.05) is 0 Å². The molecule has 2 rings (SSSR count). The first-order valence-electron chi connectivity index (χ1n) is 5.71. The van der Waals surface area contributed by atoms with Crippen molar-refractivity contribution in [2.45, 2.75) is 0 Å². The highest BCUT2D eigenvalue weighted by atomic mass is 19.1. The maximum absolute atomic E-state index is 14.0. The van der Waals surface area contributed by atoms with E-state index in [4.69, 9.17) is 0 Å². The van der Waals surface area contributed by atoms with Crippen molar-refractivity contribution >= 4 is 11.4 Å². The molecule has 0 aromatic heterocycles. The van der Waals surface area contributed by atoms with E-state index in [1.807, 2.05) is 19.0 Å². The molecule has 5 heteroatoms. The first-order valence-corrected chi connectivity index (χ1v) is 5.71. The van der Waals surface area contributed by atoms with Gasteiger partial charge in [0.2, 0.25) is 0 Å². The average Bonchev–Trinajstić information content (AvgIpc) is 2.38. The van der Waals surface area contributed by atoms with Crippen molar-refractivity contribution in [3.63, 3.8) is 0 Å². The monoisotopic (exact) mass is 260 g/mol. The summed E-state index contributed by atoms with van der Waals surface area (Å²) in [6, 6.07) is 10.8. The normalized spacial score (nSPS) is 10.3. The van der Waals surface area contributed by atoms with Gasteiger partial charge >= 0.3 is 0 Å². The van der Waals surface area contributed by atoms with Crippen LogP contribution >= 0.6 is 0 Å². The first kappa shape index (κ1) is 13.0. The smallest absolute Gasteiger partial charge is 0.269 e. The van der Waals surface area contributed by atoms with Crippen LogP contribution in [0.4, 0.5) is 15.8 Å². The third kappa shape index (κ3) is 2.70. The van der Waals surface area contributed by atoms with Crippen LogP contribution in [-0.4, -0.2) is 19.0 Å². The number of nitro benzene ring substituents is 1. The van der Waals surface area contributed by atoms with Crippen LogP contribution in [0.25, 0.3) is 11.1 Å². The largest absolute Gasteiger partial charge is 0.378 e. The van der Waals surface area contributed by atoms with Crippen molar-refractivity contribution < 1.29 is 9.31 Å². The molecule has 0 aliphatic heterocycles. The second-order valence-electron chi connectivity index (χ2n) is 4.36. The number of halogens is 1. The predicted molar refractivity (Wildman–Crippen MR) is 72.8 cm³/mol. The lowest BCUT2D eigenvalue weighted by Crippen LogP contribution is -2.08. The van der Waals surface area contributed by atoms with Crippen LogP contribution in [0.1, 0.15) is 0 Å². The van der Waals surface area contributed by atoms with Crippen LogP contribution in [0.5, 0.6) is 0 Å². The highest BCUT2D eigenvalue weighted by molar-refractivity contribution is 5.68. The number of nitrogens with zero attached hydrogens (tertiary/aromatic N) is 2. The minimum Gasteiger partial charge on any atom is -0.378 e. The van der Waals surface area contributed by atoms with Gasteiger partial charge in [-0.15, -0.1) is 0 Å². The minimum atomic E-state index is -0.477. The highest BCUT2D eigenvalue weighted by Crippen LogP contribution is 2.27. The van der Waals surface area contributed by atoms with Gasteiger partial charge in [0.15, 0.2) is 0 Å². The molecule has 0 radical (unpaired) electrons. The van der Waals surface area contributed by atoms with Crippen LogP contribution < -0.4 is 4.90 Å². The van der Waals surface area contributed by atoms with Crippen molar-refractivity contribution in [2.75, 3.05) is 19.0 Å². The van der Waals surface area contributed by atoms with Gasteiger partial charge in [-0.2, -0.15) is 0 Å². The van der Waals surface area contributed by atoms with Gasteiger partial charge in [-0.3, -0.25) is 10.1 Å². The zero-order valence-electron chi connectivity index (χ0n) is 10.6. The van der Waals surface area contributed by atoms with Gasteiger partial charge in [0, 0.05) is 37.5 Å². The molecule has 0 spiro atoms. The molecule has 0 saturated carbocycles. The molecular weight excluding hydrogens is 247 g/mol.